The fraction of sp³-hybridized carbons (Fsp3) is 0.179. The van der Waals surface area contributed by atoms with Gasteiger partial charge >= 0.3 is 0 Å². The zero-order chi connectivity index (χ0) is 26.1. The van der Waals surface area contributed by atoms with E-state index < -0.39 is 0 Å². The van der Waals surface area contributed by atoms with Crippen molar-refractivity contribution in [3.63, 3.8) is 0 Å². The number of ether oxygens (including phenoxy) is 5. The molecule has 0 aromatic heterocycles. The maximum atomic E-state index is 12.5. The maximum absolute atomic E-state index is 12.5. The number of phenols is 1. The van der Waals surface area contributed by atoms with E-state index >= 15 is 0 Å². The Bertz CT molecular complexity index is 1240. The molecule has 0 atom stereocenters. The molecule has 0 radical (unpaired) electrons. The Morgan fingerprint density at radius 3 is 1.92 bits per heavy atom. The number of phenolic OH excluding ortho intramolecular Hbond substituents is 1. The molecule has 0 bridgehead atoms. The number of methoxy groups -OCH3 is 5. The summed E-state index contributed by atoms with van der Waals surface area (Å²) in [5.41, 5.74) is 2.66. The van der Waals surface area contributed by atoms with E-state index in [1.54, 1.807) is 53.7 Å². The summed E-state index contributed by atoms with van der Waals surface area (Å²) in [6.07, 6.45) is 6.71. The second kappa shape index (κ2) is 12.2. The van der Waals surface area contributed by atoms with Crippen molar-refractivity contribution >= 4 is 23.6 Å². The van der Waals surface area contributed by atoms with Gasteiger partial charge in [-0.2, -0.15) is 0 Å². The van der Waals surface area contributed by atoms with E-state index in [2.05, 4.69) is 5.32 Å². The van der Waals surface area contributed by atoms with Gasteiger partial charge in [-0.3, -0.25) is 4.79 Å². The fourth-order valence-electron chi connectivity index (χ4n) is 3.54. The highest BCUT2D eigenvalue weighted by Crippen LogP contribution is 2.40. The van der Waals surface area contributed by atoms with Crippen molar-refractivity contribution in [1.82, 2.24) is 0 Å². The fourth-order valence-corrected chi connectivity index (χ4v) is 3.54. The molecule has 36 heavy (non-hydrogen) atoms. The third-order valence-corrected chi connectivity index (χ3v) is 5.33. The lowest BCUT2D eigenvalue weighted by Crippen LogP contribution is -2.00. The molecule has 3 rings (SSSR count). The summed E-state index contributed by atoms with van der Waals surface area (Å²) in [5, 5.41) is 12.6. The molecule has 0 spiro atoms. The van der Waals surface area contributed by atoms with Crippen LogP contribution in [0.15, 0.2) is 60.8 Å². The summed E-state index contributed by atoms with van der Waals surface area (Å²) in [7, 11) is 7.77. The number of hydrogen-bond acceptors (Lipinski definition) is 8. The predicted molar refractivity (Wildman–Crippen MR) is 140 cm³/mol. The monoisotopic (exact) mass is 491 g/mol. The van der Waals surface area contributed by atoms with E-state index in [1.807, 2.05) is 30.4 Å². The molecule has 0 heterocycles. The minimum Gasteiger partial charge on any atom is -0.508 e. The standard InChI is InChI=1S/C28H29NO7/c1-32-23-13-10-20(7-6-18-16-24(33-2)27(35-4)25(17-18)34-3)26(28(23)36-5)29-15-14-22(31)19-8-11-21(30)12-9-19/h6-17,29-30H,1-5H3. The predicted octanol–water partition coefficient (Wildman–Crippen LogP) is 5.41. The van der Waals surface area contributed by atoms with Crippen LogP contribution in [-0.2, 0) is 0 Å². The molecule has 0 unspecified atom stereocenters. The lowest BCUT2D eigenvalue weighted by atomic mass is 10.1. The van der Waals surface area contributed by atoms with Crippen molar-refractivity contribution in [3.8, 4) is 34.5 Å². The lowest BCUT2D eigenvalue weighted by Gasteiger charge is -2.15. The van der Waals surface area contributed by atoms with Gasteiger partial charge in [0.15, 0.2) is 28.8 Å². The minimum absolute atomic E-state index is 0.0956. The molecule has 0 aliphatic carbocycles. The molecule has 3 aromatic rings. The number of benzene rings is 3. The second-order valence-corrected chi connectivity index (χ2v) is 7.45. The first-order chi connectivity index (χ1) is 17.4. The van der Waals surface area contributed by atoms with Gasteiger partial charge in [-0.1, -0.05) is 12.2 Å². The van der Waals surface area contributed by atoms with Gasteiger partial charge in [-0.25, -0.2) is 0 Å². The molecule has 0 amide bonds. The number of rotatable bonds is 11. The van der Waals surface area contributed by atoms with Gasteiger partial charge in [0.2, 0.25) is 5.75 Å². The zero-order valence-electron chi connectivity index (χ0n) is 20.8. The number of anilines is 1. The normalized spacial score (nSPS) is 10.9. The average molecular weight is 492 g/mol. The van der Waals surface area contributed by atoms with Crippen LogP contribution in [0.2, 0.25) is 0 Å². The average Bonchev–Trinajstić information content (AvgIpc) is 2.91. The van der Waals surface area contributed by atoms with Gasteiger partial charge in [0.05, 0.1) is 41.2 Å². The zero-order valence-corrected chi connectivity index (χ0v) is 20.8. The Balaban J connectivity index is 1.95. The van der Waals surface area contributed by atoms with Crippen molar-refractivity contribution < 1.29 is 33.6 Å². The Labute approximate surface area is 210 Å². The molecule has 0 aliphatic rings. The Kier molecular flexibility index (Phi) is 8.83. The number of hydrogen-bond donors (Lipinski definition) is 2. The van der Waals surface area contributed by atoms with E-state index in [-0.39, 0.29) is 11.5 Å². The first kappa shape index (κ1) is 26.0. The van der Waals surface area contributed by atoms with Crippen LogP contribution in [0.5, 0.6) is 34.5 Å². The van der Waals surface area contributed by atoms with Crippen molar-refractivity contribution in [2.45, 2.75) is 0 Å². The topological polar surface area (TPSA) is 95.5 Å². The molecule has 2 N–H and O–H groups in total. The minimum atomic E-state index is -0.223. The maximum Gasteiger partial charge on any atom is 0.203 e. The third-order valence-electron chi connectivity index (χ3n) is 5.33. The number of carbonyl (C=O) groups excluding carboxylic acids is 1. The molecule has 0 saturated heterocycles. The highest BCUT2D eigenvalue weighted by atomic mass is 16.5. The van der Waals surface area contributed by atoms with Crippen LogP contribution in [0.3, 0.4) is 0 Å². The highest BCUT2D eigenvalue weighted by Gasteiger charge is 2.15. The van der Waals surface area contributed by atoms with Gasteiger partial charge in [0.25, 0.3) is 0 Å². The third kappa shape index (κ3) is 5.90. The van der Waals surface area contributed by atoms with Crippen LogP contribution >= 0.6 is 0 Å². The van der Waals surface area contributed by atoms with Crippen molar-refractivity contribution in [1.29, 1.82) is 0 Å². The summed E-state index contributed by atoms with van der Waals surface area (Å²) in [4.78, 5) is 12.5. The smallest absolute Gasteiger partial charge is 0.203 e. The number of carbonyl (C=O) groups is 1. The van der Waals surface area contributed by atoms with E-state index in [4.69, 9.17) is 23.7 Å². The van der Waals surface area contributed by atoms with Crippen LogP contribution in [0, 0.1) is 0 Å². The molecule has 0 aliphatic heterocycles. The van der Waals surface area contributed by atoms with E-state index in [0.29, 0.717) is 40.0 Å². The highest BCUT2D eigenvalue weighted by molar-refractivity contribution is 6.04. The summed E-state index contributed by atoms with van der Waals surface area (Å²) >= 11 is 0. The quantitative estimate of drug-likeness (QED) is 0.209. The molecule has 8 nitrogen and oxygen atoms in total. The van der Waals surface area contributed by atoms with Gasteiger partial charge in [0, 0.05) is 23.4 Å². The van der Waals surface area contributed by atoms with Crippen molar-refractivity contribution in [3.05, 3.63) is 77.5 Å². The SMILES string of the molecule is COc1cc(C=Cc2ccc(OC)c(OC)c2NC=CC(=O)c2ccc(O)cc2)cc(OC)c1OC. The van der Waals surface area contributed by atoms with Crippen LogP contribution in [0.25, 0.3) is 12.2 Å². The second-order valence-electron chi connectivity index (χ2n) is 7.45. The number of aromatic hydroxyl groups is 1. The van der Waals surface area contributed by atoms with E-state index in [9.17, 15) is 9.90 Å². The largest absolute Gasteiger partial charge is 0.508 e. The number of allylic oxidation sites excluding steroid dienone is 1. The van der Waals surface area contributed by atoms with Gasteiger partial charge in [-0.05, 0) is 54.1 Å². The lowest BCUT2D eigenvalue weighted by molar-refractivity contribution is 0.104. The Morgan fingerprint density at radius 2 is 1.36 bits per heavy atom. The van der Waals surface area contributed by atoms with Crippen LogP contribution < -0.4 is 29.0 Å². The first-order valence-electron chi connectivity index (χ1n) is 10.9. The van der Waals surface area contributed by atoms with E-state index in [0.717, 1.165) is 11.1 Å². The van der Waals surface area contributed by atoms with Crippen molar-refractivity contribution in [2.24, 2.45) is 0 Å². The summed E-state index contributed by atoms with van der Waals surface area (Å²) < 4.78 is 27.3. The molecule has 0 fully saturated rings. The number of ketones is 1. The summed E-state index contributed by atoms with van der Waals surface area (Å²) in [6, 6.07) is 13.4. The van der Waals surface area contributed by atoms with Gasteiger partial charge < -0.3 is 34.1 Å². The van der Waals surface area contributed by atoms with Crippen LogP contribution in [0.1, 0.15) is 21.5 Å². The molecule has 188 valence electrons. The van der Waals surface area contributed by atoms with Gasteiger partial charge in [0.1, 0.15) is 5.75 Å². The van der Waals surface area contributed by atoms with Crippen molar-refractivity contribution in [2.75, 3.05) is 40.9 Å². The van der Waals surface area contributed by atoms with Crippen LogP contribution in [-0.4, -0.2) is 46.4 Å². The van der Waals surface area contributed by atoms with E-state index in [1.165, 1.54) is 24.4 Å². The van der Waals surface area contributed by atoms with Crippen LogP contribution in [0.4, 0.5) is 5.69 Å². The van der Waals surface area contributed by atoms with Gasteiger partial charge in [-0.15, -0.1) is 0 Å². The molecular weight excluding hydrogens is 462 g/mol. The molecule has 0 saturated carbocycles. The summed E-state index contributed by atoms with van der Waals surface area (Å²) in [6.45, 7) is 0. The molecular formula is C28H29NO7. The Hall–Kier alpha value is -4.59. The molecule has 3 aromatic carbocycles. The summed E-state index contributed by atoms with van der Waals surface area (Å²) in [5.74, 6) is 2.47. The molecule has 8 heteroatoms. The Morgan fingerprint density at radius 1 is 0.750 bits per heavy atom. The first-order valence-corrected chi connectivity index (χ1v) is 10.9. The number of nitrogens with one attached hydrogen (secondary N) is 1.